The number of hydrogen-bond acceptors (Lipinski definition) is 2. The molecule has 0 spiro atoms. The lowest BCUT2D eigenvalue weighted by atomic mass is 9.99. The van der Waals surface area contributed by atoms with Crippen molar-refractivity contribution in [1.29, 1.82) is 0 Å². The van der Waals surface area contributed by atoms with Gasteiger partial charge in [-0.2, -0.15) is 0 Å². The molecule has 0 saturated carbocycles. The molecule has 0 aliphatic heterocycles. The van der Waals surface area contributed by atoms with Gasteiger partial charge in [0.15, 0.2) is 0 Å². The molecule has 1 aromatic carbocycles. The van der Waals surface area contributed by atoms with Crippen molar-refractivity contribution in [2.75, 3.05) is 13.6 Å². The van der Waals surface area contributed by atoms with Gasteiger partial charge in [-0.15, -0.1) is 0 Å². The number of likely N-dealkylation sites (N-methyl/N-ethyl adjacent to an activating group) is 1. The Morgan fingerprint density at radius 3 is 2.50 bits per heavy atom. The predicted octanol–water partition coefficient (Wildman–Crippen LogP) is 1.21. The molecule has 0 fully saturated rings. The first-order valence-electron chi connectivity index (χ1n) is 4.28. The van der Waals surface area contributed by atoms with Crippen molar-refractivity contribution in [3.8, 4) is 0 Å². The topological polar surface area (TPSA) is 49.3 Å². The maximum atomic E-state index is 12.6. The molecule has 14 heavy (non-hydrogen) atoms. The summed E-state index contributed by atoms with van der Waals surface area (Å²) in [5, 5.41) is 11.7. The largest absolute Gasteiger partial charge is 0.481 e. The summed E-state index contributed by atoms with van der Waals surface area (Å²) >= 11 is 0. The molecule has 0 bridgehead atoms. The number of halogens is 1. The first-order valence-corrected chi connectivity index (χ1v) is 4.28. The standard InChI is InChI=1S/C10H12FNO2/c1-12-6-9(10(13)14)7-2-4-8(11)5-3-7/h2-5,9,12H,6H2,1H3,(H,13,14). The van der Waals surface area contributed by atoms with E-state index in [-0.39, 0.29) is 5.82 Å². The third-order valence-electron chi connectivity index (χ3n) is 1.98. The van der Waals surface area contributed by atoms with Gasteiger partial charge in [-0.05, 0) is 24.7 Å². The Balaban J connectivity index is 2.87. The Morgan fingerprint density at radius 1 is 1.50 bits per heavy atom. The van der Waals surface area contributed by atoms with E-state index >= 15 is 0 Å². The highest BCUT2D eigenvalue weighted by atomic mass is 19.1. The third-order valence-corrected chi connectivity index (χ3v) is 1.98. The van der Waals surface area contributed by atoms with Gasteiger partial charge < -0.3 is 10.4 Å². The molecule has 1 unspecified atom stereocenters. The molecule has 1 aromatic rings. The van der Waals surface area contributed by atoms with Gasteiger partial charge in [-0.3, -0.25) is 4.79 Å². The fraction of sp³-hybridized carbons (Fsp3) is 0.300. The van der Waals surface area contributed by atoms with E-state index in [0.717, 1.165) is 0 Å². The Kier molecular flexibility index (Phi) is 3.59. The lowest BCUT2D eigenvalue weighted by Gasteiger charge is -2.11. The van der Waals surface area contributed by atoms with E-state index in [4.69, 9.17) is 5.11 Å². The summed E-state index contributed by atoms with van der Waals surface area (Å²) < 4.78 is 12.6. The predicted molar refractivity (Wildman–Crippen MR) is 50.7 cm³/mol. The van der Waals surface area contributed by atoms with Crippen LogP contribution < -0.4 is 5.32 Å². The minimum atomic E-state index is -0.911. The van der Waals surface area contributed by atoms with Crippen LogP contribution in [0.2, 0.25) is 0 Å². The number of carboxylic acids is 1. The van der Waals surface area contributed by atoms with Crippen molar-refractivity contribution >= 4 is 5.97 Å². The van der Waals surface area contributed by atoms with Crippen molar-refractivity contribution < 1.29 is 14.3 Å². The van der Waals surface area contributed by atoms with Crippen molar-refractivity contribution in [2.24, 2.45) is 0 Å². The average Bonchev–Trinajstić information content (AvgIpc) is 2.15. The molecule has 0 aromatic heterocycles. The van der Waals surface area contributed by atoms with Gasteiger partial charge in [0, 0.05) is 6.54 Å². The van der Waals surface area contributed by atoms with Crippen LogP contribution in [0, 0.1) is 5.82 Å². The van der Waals surface area contributed by atoms with Crippen LogP contribution in [0.5, 0.6) is 0 Å². The van der Waals surface area contributed by atoms with E-state index < -0.39 is 11.9 Å². The highest BCUT2D eigenvalue weighted by Crippen LogP contribution is 2.15. The maximum Gasteiger partial charge on any atom is 0.312 e. The third kappa shape index (κ3) is 2.53. The quantitative estimate of drug-likeness (QED) is 0.762. The number of benzene rings is 1. The number of carbonyl (C=O) groups is 1. The second-order valence-corrected chi connectivity index (χ2v) is 3.00. The van der Waals surface area contributed by atoms with Crippen molar-refractivity contribution in [2.45, 2.75) is 5.92 Å². The van der Waals surface area contributed by atoms with Gasteiger partial charge in [-0.1, -0.05) is 12.1 Å². The zero-order chi connectivity index (χ0) is 10.6. The monoisotopic (exact) mass is 197 g/mol. The molecular weight excluding hydrogens is 185 g/mol. The number of carboxylic acid groups (broad SMARTS) is 1. The van der Waals surface area contributed by atoms with E-state index in [0.29, 0.717) is 12.1 Å². The lowest BCUT2D eigenvalue weighted by molar-refractivity contribution is -0.138. The number of nitrogens with one attached hydrogen (secondary N) is 1. The van der Waals surface area contributed by atoms with Gasteiger partial charge >= 0.3 is 5.97 Å². The van der Waals surface area contributed by atoms with Gasteiger partial charge in [0.25, 0.3) is 0 Å². The zero-order valence-electron chi connectivity index (χ0n) is 7.83. The Bertz CT molecular complexity index is 310. The summed E-state index contributed by atoms with van der Waals surface area (Å²) in [6.45, 7) is 0.334. The smallest absolute Gasteiger partial charge is 0.312 e. The Morgan fingerprint density at radius 2 is 2.07 bits per heavy atom. The van der Waals surface area contributed by atoms with E-state index in [1.807, 2.05) is 0 Å². The van der Waals surface area contributed by atoms with Crippen LogP contribution in [0.1, 0.15) is 11.5 Å². The van der Waals surface area contributed by atoms with Gasteiger partial charge in [0.05, 0.1) is 5.92 Å². The van der Waals surface area contributed by atoms with Crippen LogP contribution in [-0.2, 0) is 4.79 Å². The number of rotatable bonds is 4. The minimum Gasteiger partial charge on any atom is -0.481 e. The van der Waals surface area contributed by atoms with E-state index in [2.05, 4.69) is 5.32 Å². The van der Waals surface area contributed by atoms with Crippen molar-refractivity contribution in [3.05, 3.63) is 35.6 Å². The maximum absolute atomic E-state index is 12.6. The SMILES string of the molecule is CNCC(C(=O)O)c1ccc(F)cc1. The fourth-order valence-electron chi connectivity index (χ4n) is 1.25. The molecule has 0 amide bonds. The molecule has 76 valence electrons. The second-order valence-electron chi connectivity index (χ2n) is 3.00. The average molecular weight is 197 g/mol. The first kappa shape index (κ1) is 10.7. The van der Waals surface area contributed by atoms with Crippen LogP contribution in [-0.4, -0.2) is 24.7 Å². The molecule has 3 nitrogen and oxygen atoms in total. The highest BCUT2D eigenvalue weighted by Gasteiger charge is 2.18. The second kappa shape index (κ2) is 4.72. The minimum absolute atomic E-state index is 0.334. The van der Waals surface area contributed by atoms with Gasteiger partial charge in [-0.25, -0.2) is 4.39 Å². The number of hydrogen-bond donors (Lipinski definition) is 2. The summed E-state index contributed by atoms with van der Waals surface area (Å²) in [4.78, 5) is 10.8. The van der Waals surface area contributed by atoms with Crippen LogP contribution in [0.25, 0.3) is 0 Å². The molecule has 0 heterocycles. The molecule has 0 radical (unpaired) electrons. The fourth-order valence-corrected chi connectivity index (χ4v) is 1.25. The zero-order valence-corrected chi connectivity index (χ0v) is 7.83. The normalized spacial score (nSPS) is 12.4. The molecule has 0 aliphatic rings. The van der Waals surface area contributed by atoms with Crippen LogP contribution in [0.3, 0.4) is 0 Å². The molecule has 0 aliphatic carbocycles. The van der Waals surface area contributed by atoms with E-state index in [1.165, 1.54) is 24.3 Å². The van der Waals surface area contributed by atoms with Crippen LogP contribution >= 0.6 is 0 Å². The summed E-state index contributed by atoms with van der Waals surface area (Å²) in [5.74, 6) is -1.89. The van der Waals surface area contributed by atoms with Crippen molar-refractivity contribution in [3.63, 3.8) is 0 Å². The van der Waals surface area contributed by atoms with Crippen LogP contribution in [0.15, 0.2) is 24.3 Å². The van der Waals surface area contributed by atoms with Crippen molar-refractivity contribution in [1.82, 2.24) is 5.32 Å². The van der Waals surface area contributed by atoms with Crippen LogP contribution in [0.4, 0.5) is 4.39 Å². The molecule has 1 rings (SSSR count). The first-order chi connectivity index (χ1) is 6.65. The molecule has 1 atom stereocenters. The molecule has 2 N–H and O–H groups in total. The molecular formula is C10H12FNO2. The molecule has 0 saturated heterocycles. The Hall–Kier alpha value is -1.42. The highest BCUT2D eigenvalue weighted by molar-refractivity contribution is 5.76. The van der Waals surface area contributed by atoms with E-state index in [9.17, 15) is 9.18 Å². The van der Waals surface area contributed by atoms with Gasteiger partial charge in [0.2, 0.25) is 0 Å². The summed E-state index contributed by atoms with van der Waals surface area (Å²) in [5.41, 5.74) is 0.605. The summed E-state index contributed by atoms with van der Waals surface area (Å²) in [6.07, 6.45) is 0. The lowest BCUT2D eigenvalue weighted by Crippen LogP contribution is -2.23. The summed E-state index contributed by atoms with van der Waals surface area (Å²) in [6, 6.07) is 5.51. The van der Waals surface area contributed by atoms with Gasteiger partial charge in [0.1, 0.15) is 5.82 Å². The number of aliphatic carboxylic acids is 1. The Labute approximate surface area is 81.6 Å². The summed E-state index contributed by atoms with van der Waals surface area (Å²) in [7, 11) is 1.68. The molecule has 4 heteroatoms. The van der Waals surface area contributed by atoms with E-state index in [1.54, 1.807) is 7.05 Å².